The van der Waals surface area contributed by atoms with Gasteiger partial charge in [0.15, 0.2) is 0 Å². The monoisotopic (exact) mass is 432 g/mol. The maximum absolute atomic E-state index is 13.6. The minimum atomic E-state index is -3.79. The predicted octanol–water partition coefficient (Wildman–Crippen LogP) is 3.97. The van der Waals surface area contributed by atoms with E-state index in [0.29, 0.717) is 18.0 Å². The highest BCUT2D eigenvalue weighted by molar-refractivity contribution is 7.89. The molecule has 3 rings (SSSR count). The first-order valence-electron chi connectivity index (χ1n) is 9.98. The Hall–Kier alpha value is -2.58. The van der Waals surface area contributed by atoms with Gasteiger partial charge in [-0.2, -0.15) is 4.31 Å². The molecule has 1 aliphatic heterocycles. The number of benzene rings is 2. The van der Waals surface area contributed by atoms with Gasteiger partial charge in [-0.3, -0.25) is 4.79 Å². The quantitative estimate of drug-likeness (QED) is 0.747. The third-order valence-electron chi connectivity index (χ3n) is 5.29. The van der Waals surface area contributed by atoms with Crippen LogP contribution >= 0.6 is 0 Å². The average molecular weight is 433 g/mol. The van der Waals surface area contributed by atoms with Crippen LogP contribution < -0.4 is 14.8 Å². The summed E-state index contributed by atoms with van der Waals surface area (Å²) in [6, 6.07) is 11.9. The van der Waals surface area contributed by atoms with E-state index in [9.17, 15) is 13.2 Å². The molecule has 7 nitrogen and oxygen atoms in total. The zero-order valence-electron chi connectivity index (χ0n) is 17.6. The van der Waals surface area contributed by atoms with Gasteiger partial charge in [-0.05, 0) is 48.7 Å². The Morgan fingerprint density at radius 3 is 2.40 bits per heavy atom. The number of hydrogen-bond acceptors (Lipinski definition) is 5. The Morgan fingerprint density at radius 2 is 1.77 bits per heavy atom. The number of hydrogen-bond donors (Lipinski definition) is 1. The van der Waals surface area contributed by atoms with Crippen molar-refractivity contribution in [2.24, 2.45) is 0 Å². The second-order valence-electron chi connectivity index (χ2n) is 7.30. The van der Waals surface area contributed by atoms with Crippen LogP contribution in [0.2, 0.25) is 0 Å². The number of carbonyl (C=O) groups is 1. The molecule has 0 aliphatic carbocycles. The first-order valence-corrected chi connectivity index (χ1v) is 11.4. The zero-order valence-corrected chi connectivity index (χ0v) is 18.4. The maximum Gasteiger partial charge on any atom is 0.243 e. The van der Waals surface area contributed by atoms with Crippen LogP contribution in [0.15, 0.2) is 47.4 Å². The smallest absolute Gasteiger partial charge is 0.243 e. The predicted molar refractivity (Wildman–Crippen MR) is 115 cm³/mol. The molecule has 0 radical (unpaired) electrons. The highest BCUT2D eigenvalue weighted by Crippen LogP contribution is 2.37. The third kappa shape index (κ3) is 4.76. The van der Waals surface area contributed by atoms with E-state index in [1.54, 1.807) is 17.5 Å². The maximum atomic E-state index is 13.6. The van der Waals surface area contributed by atoms with Gasteiger partial charge in [-0.1, -0.05) is 25.0 Å². The van der Waals surface area contributed by atoms with Crippen LogP contribution in [0, 0.1) is 0 Å². The number of amides is 1. The number of anilines is 1. The van der Waals surface area contributed by atoms with E-state index in [1.807, 2.05) is 24.3 Å². The van der Waals surface area contributed by atoms with Gasteiger partial charge in [-0.25, -0.2) is 8.42 Å². The number of methoxy groups -OCH3 is 2. The first kappa shape index (κ1) is 22.1. The Labute approximate surface area is 178 Å². The van der Waals surface area contributed by atoms with Crippen molar-refractivity contribution < 1.29 is 22.7 Å². The van der Waals surface area contributed by atoms with Crippen LogP contribution in [0.3, 0.4) is 0 Å². The van der Waals surface area contributed by atoms with Crippen molar-refractivity contribution in [2.45, 2.75) is 43.5 Å². The number of nitrogens with zero attached hydrogens (tertiary/aromatic N) is 1. The number of sulfonamides is 1. The fourth-order valence-electron chi connectivity index (χ4n) is 3.80. The SMILES string of the molecule is COc1ccc(C2CCCCCN2S(=O)(=O)c2ccc(OC)c(NC(C)=O)c2)cc1. The molecular weight excluding hydrogens is 404 g/mol. The van der Waals surface area contributed by atoms with Gasteiger partial charge in [0.05, 0.1) is 30.8 Å². The van der Waals surface area contributed by atoms with Gasteiger partial charge in [0.1, 0.15) is 11.5 Å². The highest BCUT2D eigenvalue weighted by Gasteiger charge is 2.34. The van der Waals surface area contributed by atoms with Gasteiger partial charge in [-0.15, -0.1) is 0 Å². The van der Waals surface area contributed by atoms with E-state index in [0.717, 1.165) is 37.0 Å². The van der Waals surface area contributed by atoms with Gasteiger partial charge in [0.25, 0.3) is 0 Å². The van der Waals surface area contributed by atoms with Crippen molar-refractivity contribution >= 4 is 21.6 Å². The minimum Gasteiger partial charge on any atom is -0.497 e. The molecule has 1 aliphatic rings. The van der Waals surface area contributed by atoms with Crippen LogP contribution in [-0.4, -0.2) is 39.4 Å². The molecule has 1 N–H and O–H groups in total. The molecule has 1 heterocycles. The first-order chi connectivity index (χ1) is 14.4. The van der Waals surface area contributed by atoms with E-state index in [2.05, 4.69) is 5.32 Å². The fraction of sp³-hybridized carbons (Fsp3) is 0.409. The largest absolute Gasteiger partial charge is 0.497 e. The van der Waals surface area contributed by atoms with Crippen LogP contribution in [0.25, 0.3) is 0 Å². The minimum absolute atomic E-state index is 0.132. The van der Waals surface area contributed by atoms with Gasteiger partial charge in [0, 0.05) is 13.5 Å². The molecule has 1 atom stereocenters. The van der Waals surface area contributed by atoms with E-state index in [4.69, 9.17) is 9.47 Å². The lowest BCUT2D eigenvalue weighted by molar-refractivity contribution is -0.114. The summed E-state index contributed by atoms with van der Waals surface area (Å²) < 4.78 is 39.3. The second kappa shape index (κ2) is 9.49. The lowest BCUT2D eigenvalue weighted by Gasteiger charge is -2.30. The molecule has 1 unspecified atom stereocenters. The molecule has 2 aromatic carbocycles. The van der Waals surface area contributed by atoms with E-state index in [1.165, 1.54) is 26.2 Å². The molecule has 0 spiro atoms. The molecule has 162 valence electrons. The number of carbonyl (C=O) groups excluding carboxylic acids is 1. The summed E-state index contributed by atoms with van der Waals surface area (Å²) in [5, 5.41) is 2.65. The third-order valence-corrected chi connectivity index (χ3v) is 7.20. The Bertz CT molecular complexity index is 989. The summed E-state index contributed by atoms with van der Waals surface area (Å²) >= 11 is 0. The highest BCUT2D eigenvalue weighted by atomic mass is 32.2. The van der Waals surface area contributed by atoms with Crippen molar-refractivity contribution in [1.82, 2.24) is 4.31 Å². The summed E-state index contributed by atoms with van der Waals surface area (Å²) in [4.78, 5) is 11.7. The van der Waals surface area contributed by atoms with Gasteiger partial charge >= 0.3 is 0 Å². The van der Waals surface area contributed by atoms with E-state index < -0.39 is 10.0 Å². The number of ether oxygens (including phenoxy) is 2. The molecule has 0 aromatic heterocycles. The molecule has 1 fully saturated rings. The standard InChI is InChI=1S/C22H28N2O5S/c1-16(25)23-20-15-19(12-13-22(20)29-3)30(26,27)24-14-6-4-5-7-21(24)17-8-10-18(28-2)11-9-17/h8-13,15,21H,4-7,14H2,1-3H3,(H,23,25). The summed E-state index contributed by atoms with van der Waals surface area (Å²) in [5.41, 5.74) is 1.28. The number of nitrogens with one attached hydrogen (secondary N) is 1. The van der Waals surface area contributed by atoms with Crippen LogP contribution in [-0.2, 0) is 14.8 Å². The zero-order chi connectivity index (χ0) is 21.7. The van der Waals surface area contributed by atoms with Crippen molar-refractivity contribution in [1.29, 1.82) is 0 Å². The topological polar surface area (TPSA) is 84.9 Å². The van der Waals surface area contributed by atoms with Crippen LogP contribution in [0.4, 0.5) is 5.69 Å². The van der Waals surface area contributed by atoms with Crippen molar-refractivity contribution in [3.05, 3.63) is 48.0 Å². The molecule has 1 amide bonds. The van der Waals surface area contributed by atoms with Crippen molar-refractivity contribution in [3.63, 3.8) is 0 Å². The second-order valence-corrected chi connectivity index (χ2v) is 9.19. The normalized spacial score (nSPS) is 17.8. The molecule has 1 saturated heterocycles. The molecule has 30 heavy (non-hydrogen) atoms. The van der Waals surface area contributed by atoms with Crippen LogP contribution in [0.5, 0.6) is 11.5 Å². The van der Waals surface area contributed by atoms with Gasteiger partial charge < -0.3 is 14.8 Å². The Morgan fingerprint density at radius 1 is 1.03 bits per heavy atom. The summed E-state index contributed by atoms with van der Waals surface area (Å²) in [5.74, 6) is 0.845. The lowest BCUT2D eigenvalue weighted by atomic mass is 10.0. The van der Waals surface area contributed by atoms with E-state index in [-0.39, 0.29) is 16.8 Å². The fourth-order valence-corrected chi connectivity index (χ4v) is 5.51. The average Bonchev–Trinajstić information content (AvgIpc) is 3.00. The molecule has 2 aromatic rings. The summed E-state index contributed by atoms with van der Waals surface area (Å²) in [6.07, 6.45) is 3.50. The van der Waals surface area contributed by atoms with Crippen LogP contribution in [0.1, 0.15) is 44.2 Å². The molecule has 0 bridgehead atoms. The van der Waals surface area contributed by atoms with Crippen molar-refractivity contribution in [3.8, 4) is 11.5 Å². The summed E-state index contributed by atoms with van der Waals surface area (Å²) in [7, 11) is -0.706. The summed E-state index contributed by atoms with van der Waals surface area (Å²) in [6.45, 7) is 1.82. The van der Waals surface area contributed by atoms with Gasteiger partial charge in [0.2, 0.25) is 15.9 Å². The molecule has 8 heteroatoms. The Kier molecular flexibility index (Phi) is 6.99. The van der Waals surface area contributed by atoms with Crippen molar-refractivity contribution in [2.75, 3.05) is 26.1 Å². The molecule has 0 saturated carbocycles. The molecular formula is C22H28N2O5S. The van der Waals surface area contributed by atoms with E-state index >= 15 is 0 Å². The Balaban J connectivity index is 2.01. The number of rotatable bonds is 6. The lowest BCUT2D eigenvalue weighted by Crippen LogP contribution is -2.35.